The Kier molecular flexibility index (Phi) is 6.72. The molecule has 0 saturated heterocycles. The summed E-state index contributed by atoms with van der Waals surface area (Å²) in [6, 6.07) is 12.3. The second kappa shape index (κ2) is 9.07. The highest BCUT2D eigenvalue weighted by molar-refractivity contribution is 9.10. The molecule has 0 spiro atoms. The van der Waals surface area contributed by atoms with Gasteiger partial charge in [-0.2, -0.15) is 0 Å². The normalized spacial score (nSPS) is 11.9. The fourth-order valence-electron chi connectivity index (χ4n) is 2.84. The summed E-state index contributed by atoms with van der Waals surface area (Å²) >= 11 is 10.5. The van der Waals surface area contributed by atoms with Crippen LogP contribution in [0.1, 0.15) is 21.5 Å². The first kappa shape index (κ1) is 21.5. The van der Waals surface area contributed by atoms with E-state index in [1.54, 1.807) is 47.8 Å². The zero-order chi connectivity index (χ0) is 21.1. The standard InChI is InChI=1S/C21H16BrClFNO3S/c1-11-2-7-16(23)13(8-11)9-17(24)19(26)25-20-18(21(27)28)15(10-29-20)12-3-5-14(22)6-4-12/h2-8,10,17H,9H2,1H3,(H,25,26)(H,27,28). The van der Waals surface area contributed by atoms with Gasteiger partial charge in [-0.1, -0.05) is 57.4 Å². The highest BCUT2D eigenvalue weighted by Crippen LogP contribution is 2.36. The Bertz CT molecular complexity index is 1070. The minimum Gasteiger partial charge on any atom is -0.478 e. The molecule has 0 aliphatic heterocycles. The predicted molar refractivity (Wildman–Crippen MR) is 118 cm³/mol. The molecular weight excluding hydrogens is 481 g/mol. The zero-order valence-electron chi connectivity index (χ0n) is 15.2. The summed E-state index contributed by atoms with van der Waals surface area (Å²) in [5.74, 6) is -2.11. The lowest BCUT2D eigenvalue weighted by Gasteiger charge is -2.11. The number of nitrogens with one attached hydrogen (secondary N) is 1. The number of thiophene rings is 1. The van der Waals surface area contributed by atoms with E-state index in [0.29, 0.717) is 21.7 Å². The monoisotopic (exact) mass is 495 g/mol. The SMILES string of the molecule is Cc1ccc(Cl)c(CC(F)C(=O)Nc2scc(-c3ccc(Br)cc3)c2C(=O)O)c1. The number of aromatic carboxylic acids is 1. The van der Waals surface area contributed by atoms with Crippen LogP contribution >= 0.6 is 38.9 Å². The molecule has 1 atom stereocenters. The van der Waals surface area contributed by atoms with Crippen molar-refractivity contribution in [1.82, 2.24) is 0 Å². The molecule has 3 aromatic rings. The van der Waals surface area contributed by atoms with E-state index in [9.17, 15) is 19.1 Å². The smallest absolute Gasteiger partial charge is 0.339 e. The van der Waals surface area contributed by atoms with Gasteiger partial charge in [0.05, 0.1) is 0 Å². The highest BCUT2D eigenvalue weighted by Gasteiger charge is 2.25. The first-order chi connectivity index (χ1) is 13.8. The minimum atomic E-state index is -1.87. The number of amides is 1. The molecular formula is C21H16BrClFNO3S. The Morgan fingerprint density at radius 1 is 1.24 bits per heavy atom. The second-order valence-electron chi connectivity index (χ2n) is 6.42. The van der Waals surface area contributed by atoms with Crippen molar-refractivity contribution in [3.63, 3.8) is 0 Å². The quantitative estimate of drug-likeness (QED) is 0.417. The number of carbonyl (C=O) groups is 2. The number of hydrogen-bond acceptors (Lipinski definition) is 3. The van der Waals surface area contributed by atoms with Crippen LogP contribution in [0.25, 0.3) is 11.1 Å². The molecule has 1 unspecified atom stereocenters. The number of benzene rings is 2. The molecule has 0 radical (unpaired) electrons. The van der Waals surface area contributed by atoms with Gasteiger partial charge in [0.15, 0.2) is 6.17 Å². The van der Waals surface area contributed by atoms with Gasteiger partial charge in [0.25, 0.3) is 5.91 Å². The Labute approximate surface area is 184 Å². The Balaban J connectivity index is 1.82. The van der Waals surface area contributed by atoms with Crippen LogP contribution in [0, 0.1) is 6.92 Å². The van der Waals surface area contributed by atoms with Crippen LogP contribution in [0.15, 0.2) is 52.3 Å². The van der Waals surface area contributed by atoms with Crippen LogP contribution in [0.4, 0.5) is 9.39 Å². The van der Waals surface area contributed by atoms with E-state index in [0.717, 1.165) is 21.4 Å². The summed E-state index contributed by atoms with van der Waals surface area (Å²) in [7, 11) is 0. The van der Waals surface area contributed by atoms with Gasteiger partial charge in [-0.05, 0) is 36.2 Å². The van der Waals surface area contributed by atoms with Crippen LogP contribution in [-0.2, 0) is 11.2 Å². The number of alkyl halides is 1. The second-order valence-corrected chi connectivity index (χ2v) is 8.62. The third-order valence-electron chi connectivity index (χ3n) is 4.28. The van der Waals surface area contributed by atoms with Crippen molar-refractivity contribution in [1.29, 1.82) is 0 Å². The van der Waals surface area contributed by atoms with Crippen LogP contribution in [0.5, 0.6) is 0 Å². The molecule has 0 aliphatic rings. The number of hydrogen-bond donors (Lipinski definition) is 2. The summed E-state index contributed by atoms with van der Waals surface area (Å²) < 4.78 is 15.4. The van der Waals surface area contributed by atoms with Crippen LogP contribution in [0.2, 0.25) is 5.02 Å². The fourth-order valence-corrected chi connectivity index (χ4v) is 4.26. The number of anilines is 1. The Hall–Kier alpha value is -2.22. The molecule has 0 aliphatic carbocycles. The molecule has 1 aromatic heterocycles. The van der Waals surface area contributed by atoms with Crippen molar-refractivity contribution in [3.05, 3.63) is 74.0 Å². The first-order valence-corrected chi connectivity index (χ1v) is 10.6. The van der Waals surface area contributed by atoms with E-state index in [1.165, 1.54) is 0 Å². The van der Waals surface area contributed by atoms with Gasteiger partial charge in [-0.15, -0.1) is 11.3 Å². The molecule has 2 N–H and O–H groups in total. The van der Waals surface area contributed by atoms with Gasteiger partial charge in [0.2, 0.25) is 0 Å². The van der Waals surface area contributed by atoms with Gasteiger partial charge < -0.3 is 10.4 Å². The maximum atomic E-state index is 14.6. The van der Waals surface area contributed by atoms with Crippen molar-refractivity contribution in [2.24, 2.45) is 0 Å². The molecule has 0 fully saturated rings. The lowest BCUT2D eigenvalue weighted by atomic mass is 10.0. The molecule has 0 saturated carbocycles. The average Bonchev–Trinajstić information content (AvgIpc) is 3.09. The van der Waals surface area contributed by atoms with E-state index < -0.39 is 18.0 Å². The molecule has 4 nitrogen and oxygen atoms in total. The van der Waals surface area contributed by atoms with Crippen molar-refractivity contribution in [3.8, 4) is 11.1 Å². The summed E-state index contributed by atoms with van der Waals surface area (Å²) in [5, 5.41) is 14.2. The topological polar surface area (TPSA) is 66.4 Å². The summed E-state index contributed by atoms with van der Waals surface area (Å²) in [5.41, 5.74) is 2.51. The van der Waals surface area contributed by atoms with Crippen molar-refractivity contribution < 1.29 is 19.1 Å². The van der Waals surface area contributed by atoms with Crippen molar-refractivity contribution in [2.45, 2.75) is 19.5 Å². The Morgan fingerprint density at radius 3 is 2.59 bits per heavy atom. The third-order valence-corrected chi connectivity index (χ3v) is 6.07. The number of rotatable bonds is 6. The van der Waals surface area contributed by atoms with Gasteiger partial charge in [-0.25, -0.2) is 9.18 Å². The van der Waals surface area contributed by atoms with Gasteiger partial charge in [0, 0.05) is 26.9 Å². The predicted octanol–water partition coefficient (Wildman–Crippen LogP) is 6.36. The molecule has 2 aromatic carbocycles. The molecule has 1 amide bonds. The summed E-state index contributed by atoms with van der Waals surface area (Å²) in [6.07, 6.45) is -2.06. The first-order valence-electron chi connectivity index (χ1n) is 8.57. The van der Waals surface area contributed by atoms with E-state index in [2.05, 4.69) is 21.2 Å². The highest BCUT2D eigenvalue weighted by atomic mass is 79.9. The number of halogens is 3. The molecule has 0 bridgehead atoms. The van der Waals surface area contributed by atoms with E-state index >= 15 is 0 Å². The molecule has 29 heavy (non-hydrogen) atoms. The maximum Gasteiger partial charge on any atom is 0.339 e. The molecule has 3 rings (SSSR count). The van der Waals surface area contributed by atoms with E-state index in [4.69, 9.17) is 11.6 Å². The molecule has 150 valence electrons. The third kappa shape index (κ3) is 5.04. The fraction of sp³-hybridized carbons (Fsp3) is 0.143. The summed E-state index contributed by atoms with van der Waals surface area (Å²) in [6.45, 7) is 1.85. The lowest BCUT2D eigenvalue weighted by molar-refractivity contribution is -0.120. The lowest BCUT2D eigenvalue weighted by Crippen LogP contribution is -2.26. The van der Waals surface area contributed by atoms with Gasteiger partial charge >= 0.3 is 5.97 Å². The summed E-state index contributed by atoms with van der Waals surface area (Å²) in [4.78, 5) is 24.2. The minimum absolute atomic E-state index is 0.0635. The zero-order valence-corrected chi connectivity index (χ0v) is 18.4. The van der Waals surface area contributed by atoms with Gasteiger partial charge in [-0.3, -0.25) is 4.79 Å². The van der Waals surface area contributed by atoms with Crippen molar-refractivity contribution >= 4 is 55.7 Å². The average molecular weight is 497 g/mol. The van der Waals surface area contributed by atoms with Crippen LogP contribution in [-0.4, -0.2) is 23.2 Å². The molecule has 8 heteroatoms. The number of carbonyl (C=O) groups excluding carboxylic acids is 1. The maximum absolute atomic E-state index is 14.6. The Morgan fingerprint density at radius 2 is 1.93 bits per heavy atom. The van der Waals surface area contributed by atoms with E-state index in [1.807, 2.05) is 6.92 Å². The van der Waals surface area contributed by atoms with Gasteiger partial charge in [0.1, 0.15) is 10.6 Å². The van der Waals surface area contributed by atoms with Crippen LogP contribution in [0.3, 0.4) is 0 Å². The number of aryl methyl sites for hydroxylation is 1. The molecule has 1 heterocycles. The largest absolute Gasteiger partial charge is 0.478 e. The number of carboxylic acid groups (broad SMARTS) is 1. The van der Waals surface area contributed by atoms with Crippen molar-refractivity contribution in [2.75, 3.05) is 5.32 Å². The van der Waals surface area contributed by atoms with Crippen LogP contribution < -0.4 is 5.32 Å². The van der Waals surface area contributed by atoms with E-state index in [-0.39, 0.29) is 17.0 Å². The number of carboxylic acids is 1.